The van der Waals surface area contributed by atoms with Crippen molar-refractivity contribution in [1.82, 2.24) is 15.4 Å². The molecule has 2 heterocycles. The Morgan fingerprint density at radius 3 is 2.85 bits per heavy atom. The van der Waals surface area contributed by atoms with Crippen LogP contribution in [0.5, 0.6) is 0 Å². The molecule has 27 heavy (non-hydrogen) atoms. The Morgan fingerprint density at radius 1 is 1.15 bits per heavy atom. The maximum absolute atomic E-state index is 12.8. The lowest BCUT2D eigenvalue weighted by molar-refractivity contribution is 0.0893. The first-order valence-corrected chi connectivity index (χ1v) is 9.03. The van der Waals surface area contributed by atoms with E-state index in [1.807, 2.05) is 60.8 Å². The zero-order valence-corrected chi connectivity index (χ0v) is 14.9. The van der Waals surface area contributed by atoms with Gasteiger partial charge in [-0.05, 0) is 29.5 Å². The van der Waals surface area contributed by atoms with Crippen LogP contribution < -0.4 is 5.43 Å². The van der Waals surface area contributed by atoms with E-state index in [-0.39, 0.29) is 18.3 Å². The number of hydrogen-bond acceptors (Lipinski definition) is 4. The van der Waals surface area contributed by atoms with Gasteiger partial charge in [0.2, 0.25) is 0 Å². The van der Waals surface area contributed by atoms with Crippen LogP contribution in [0.3, 0.4) is 0 Å². The number of ether oxygens (including phenoxy) is 1. The molecular weight excluding hydrogens is 342 g/mol. The Bertz CT molecular complexity index is 951. The molecule has 0 spiro atoms. The molecule has 138 valence electrons. The summed E-state index contributed by atoms with van der Waals surface area (Å²) in [5.41, 5.74) is 5.31. The number of nitrogens with one attached hydrogen (secondary N) is 2. The average molecular weight is 363 g/mol. The molecule has 1 saturated heterocycles. The Morgan fingerprint density at radius 2 is 2.00 bits per heavy atom. The molecule has 4 rings (SSSR count). The van der Waals surface area contributed by atoms with Crippen LogP contribution in [-0.4, -0.2) is 35.0 Å². The fraction of sp³-hybridized carbons (Fsp3) is 0.238. The summed E-state index contributed by atoms with van der Waals surface area (Å²) in [5, 5.41) is 2.84. The molecule has 1 aliphatic heterocycles. The molecule has 2 N–H and O–H groups in total. The quantitative estimate of drug-likeness (QED) is 0.680. The maximum atomic E-state index is 12.8. The lowest BCUT2D eigenvalue weighted by Gasteiger charge is -2.17. The summed E-state index contributed by atoms with van der Waals surface area (Å²) in [4.78, 5) is 27.9. The second-order valence-corrected chi connectivity index (χ2v) is 6.75. The molecule has 0 radical (unpaired) electrons. The first kappa shape index (κ1) is 17.3. The largest absolute Gasteiger partial charge is 0.444 e. The summed E-state index contributed by atoms with van der Waals surface area (Å²) in [6.45, 7) is 1.34. The smallest absolute Gasteiger partial charge is 0.422 e. The Labute approximate surface area is 157 Å². The van der Waals surface area contributed by atoms with Gasteiger partial charge < -0.3 is 9.72 Å². The number of nitrogens with zero attached hydrogens (tertiary/aromatic N) is 1. The van der Waals surface area contributed by atoms with Crippen LogP contribution in [0.1, 0.15) is 22.3 Å². The molecule has 0 aliphatic carbocycles. The summed E-state index contributed by atoms with van der Waals surface area (Å²) in [7, 11) is 0. The molecule has 1 aromatic heterocycles. The second kappa shape index (κ2) is 7.63. The molecule has 3 aromatic rings. The highest BCUT2D eigenvalue weighted by Gasteiger charge is 2.30. The number of hydrogen-bond donors (Lipinski definition) is 2. The van der Waals surface area contributed by atoms with Gasteiger partial charge in [0.1, 0.15) is 6.61 Å². The predicted molar refractivity (Wildman–Crippen MR) is 102 cm³/mol. The van der Waals surface area contributed by atoms with Gasteiger partial charge in [-0.1, -0.05) is 42.5 Å². The van der Waals surface area contributed by atoms with E-state index in [2.05, 4.69) is 10.4 Å². The molecule has 2 aromatic carbocycles. The van der Waals surface area contributed by atoms with Crippen LogP contribution >= 0.6 is 0 Å². The summed E-state index contributed by atoms with van der Waals surface area (Å²) in [5.74, 6) is -0.0275. The van der Waals surface area contributed by atoms with Crippen LogP contribution in [-0.2, 0) is 11.3 Å². The van der Waals surface area contributed by atoms with Crippen molar-refractivity contribution in [2.75, 3.05) is 13.1 Å². The van der Waals surface area contributed by atoms with Gasteiger partial charge in [0.15, 0.2) is 5.78 Å². The fourth-order valence-electron chi connectivity index (χ4n) is 3.40. The number of benzene rings is 2. The van der Waals surface area contributed by atoms with Gasteiger partial charge in [-0.2, -0.15) is 0 Å². The summed E-state index contributed by atoms with van der Waals surface area (Å²) in [6, 6.07) is 17.2. The zero-order valence-electron chi connectivity index (χ0n) is 14.9. The molecule has 1 fully saturated rings. The van der Waals surface area contributed by atoms with Gasteiger partial charge in [0, 0.05) is 36.3 Å². The van der Waals surface area contributed by atoms with Crippen molar-refractivity contribution in [3.8, 4) is 0 Å². The highest BCUT2D eigenvalue weighted by molar-refractivity contribution is 6.01. The minimum atomic E-state index is -0.500. The third-order valence-electron chi connectivity index (χ3n) is 4.86. The normalized spacial score (nSPS) is 17.1. The van der Waals surface area contributed by atoms with Gasteiger partial charge in [-0.3, -0.25) is 10.2 Å². The molecule has 1 unspecified atom stereocenters. The van der Waals surface area contributed by atoms with Gasteiger partial charge in [-0.15, -0.1) is 0 Å². The number of carbonyl (C=O) groups excluding carboxylic acids is 2. The Hall–Kier alpha value is -3.12. The summed E-state index contributed by atoms with van der Waals surface area (Å²) in [6.07, 6.45) is 2.07. The summed E-state index contributed by atoms with van der Waals surface area (Å²) >= 11 is 0. The molecule has 0 saturated carbocycles. The lowest BCUT2D eigenvalue weighted by atomic mass is 9.96. The van der Waals surface area contributed by atoms with Gasteiger partial charge >= 0.3 is 6.09 Å². The number of aromatic nitrogens is 1. The van der Waals surface area contributed by atoms with Crippen LogP contribution in [0.2, 0.25) is 0 Å². The second-order valence-electron chi connectivity index (χ2n) is 6.75. The number of amides is 1. The van der Waals surface area contributed by atoms with Crippen molar-refractivity contribution in [3.63, 3.8) is 0 Å². The van der Waals surface area contributed by atoms with Gasteiger partial charge in [-0.25, -0.2) is 9.80 Å². The number of fused-ring (bicyclic) bond motifs is 1. The van der Waals surface area contributed by atoms with Crippen LogP contribution in [0.4, 0.5) is 4.79 Å². The molecule has 1 atom stereocenters. The van der Waals surface area contributed by atoms with E-state index in [0.29, 0.717) is 25.1 Å². The van der Waals surface area contributed by atoms with E-state index in [1.165, 1.54) is 0 Å². The zero-order chi connectivity index (χ0) is 18.6. The van der Waals surface area contributed by atoms with Gasteiger partial charge in [0.05, 0.1) is 0 Å². The molecular formula is C21H21N3O3. The number of aromatic amines is 1. The Kier molecular flexibility index (Phi) is 4.89. The number of rotatable bonds is 5. The van der Waals surface area contributed by atoms with Crippen molar-refractivity contribution >= 4 is 22.8 Å². The van der Waals surface area contributed by atoms with Crippen molar-refractivity contribution in [3.05, 3.63) is 71.9 Å². The highest BCUT2D eigenvalue weighted by Crippen LogP contribution is 2.22. The Balaban J connectivity index is 1.30. The minimum absolute atomic E-state index is 0.105. The topological polar surface area (TPSA) is 74.4 Å². The monoisotopic (exact) mass is 363 g/mol. The number of carbonyl (C=O) groups is 2. The number of hydrazine groups is 1. The van der Waals surface area contributed by atoms with Crippen molar-refractivity contribution in [2.45, 2.75) is 13.0 Å². The van der Waals surface area contributed by atoms with Crippen molar-refractivity contribution in [1.29, 1.82) is 0 Å². The minimum Gasteiger partial charge on any atom is -0.444 e. The number of Topliss-reactive ketones (excluding diaryl/α,β-unsaturated/α-hetero) is 1. The fourth-order valence-corrected chi connectivity index (χ4v) is 3.40. The first-order valence-electron chi connectivity index (χ1n) is 9.03. The standard InChI is InChI=1S/C21H21N3O3/c25-20(17-7-6-16-8-10-22-19(16)12-17)18-9-11-24(13-18)23-21(26)27-14-15-4-2-1-3-5-15/h1-8,10,12,18,22H,9,11,13-14H2,(H,23,26). The lowest BCUT2D eigenvalue weighted by Crippen LogP contribution is -2.41. The average Bonchev–Trinajstić information content (AvgIpc) is 3.35. The maximum Gasteiger partial charge on any atom is 0.422 e. The van der Waals surface area contributed by atoms with Crippen LogP contribution in [0, 0.1) is 5.92 Å². The molecule has 6 heteroatoms. The highest BCUT2D eigenvalue weighted by atomic mass is 16.6. The van der Waals surface area contributed by atoms with E-state index >= 15 is 0 Å². The van der Waals surface area contributed by atoms with Crippen molar-refractivity contribution in [2.24, 2.45) is 5.92 Å². The summed E-state index contributed by atoms with van der Waals surface area (Å²) < 4.78 is 5.23. The van der Waals surface area contributed by atoms with E-state index in [0.717, 1.165) is 16.5 Å². The third kappa shape index (κ3) is 4.01. The number of ketones is 1. The number of H-pyrrole nitrogens is 1. The molecule has 1 amide bonds. The van der Waals surface area contributed by atoms with Crippen LogP contribution in [0.25, 0.3) is 10.9 Å². The molecule has 0 bridgehead atoms. The SMILES string of the molecule is O=C(NN1CCC(C(=O)c2ccc3cc[nH]c3c2)C1)OCc1ccccc1. The first-order chi connectivity index (χ1) is 13.2. The predicted octanol–water partition coefficient (Wildman–Crippen LogP) is 3.51. The third-order valence-corrected chi connectivity index (χ3v) is 4.86. The van der Waals surface area contributed by atoms with Crippen molar-refractivity contribution < 1.29 is 14.3 Å². The van der Waals surface area contributed by atoms with Crippen LogP contribution in [0.15, 0.2) is 60.8 Å². The molecule has 1 aliphatic rings. The van der Waals surface area contributed by atoms with E-state index < -0.39 is 6.09 Å². The van der Waals surface area contributed by atoms with E-state index in [4.69, 9.17) is 4.74 Å². The van der Waals surface area contributed by atoms with Gasteiger partial charge in [0.25, 0.3) is 0 Å². The van der Waals surface area contributed by atoms with E-state index in [1.54, 1.807) is 5.01 Å². The molecule has 6 nitrogen and oxygen atoms in total. The van der Waals surface area contributed by atoms with E-state index in [9.17, 15) is 9.59 Å².